The van der Waals surface area contributed by atoms with Gasteiger partial charge in [0.15, 0.2) is 0 Å². The van der Waals surface area contributed by atoms with E-state index in [1.165, 1.54) is 11.5 Å². The minimum atomic E-state index is 0.317. The molecular weight excluding hydrogens is 196 g/mol. The lowest BCUT2D eigenvalue weighted by molar-refractivity contribution is 0.520. The molecule has 2 aromatic rings. The third-order valence-electron chi connectivity index (χ3n) is 2.51. The highest BCUT2D eigenvalue weighted by Crippen LogP contribution is 2.29. The van der Waals surface area contributed by atoms with Crippen LogP contribution in [0.3, 0.4) is 0 Å². The van der Waals surface area contributed by atoms with Gasteiger partial charge in [-0.3, -0.25) is 0 Å². The smallest absolute Gasteiger partial charge is 0.129 e. The predicted molar refractivity (Wildman–Crippen MR) is 57.6 cm³/mol. The van der Waals surface area contributed by atoms with Gasteiger partial charge in [0.05, 0.1) is 10.4 Å². The average Bonchev–Trinajstić information content (AvgIpc) is 2.60. The van der Waals surface area contributed by atoms with Crippen LogP contribution in [-0.4, -0.2) is 28.7 Å². The first-order chi connectivity index (χ1) is 6.84. The topological polar surface area (TPSA) is 55.0 Å². The molecular formula is C9H10N4S. The van der Waals surface area contributed by atoms with Gasteiger partial charge >= 0.3 is 0 Å². The predicted octanol–water partition coefficient (Wildman–Crippen LogP) is 0.839. The molecule has 1 aliphatic heterocycles. The Kier molecular flexibility index (Phi) is 1.68. The van der Waals surface area contributed by atoms with Gasteiger partial charge in [0.25, 0.3) is 0 Å². The molecule has 1 aliphatic rings. The summed E-state index contributed by atoms with van der Waals surface area (Å²) in [6, 6.07) is 6.48. The number of anilines is 1. The minimum absolute atomic E-state index is 0.317. The molecule has 1 aromatic carbocycles. The molecule has 0 atom stereocenters. The summed E-state index contributed by atoms with van der Waals surface area (Å²) in [4.78, 5) is 2.24. The van der Waals surface area contributed by atoms with Crippen LogP contribution in [0.25, 0.3) is 10.2 Å². The van der Waals surface area contributed by atoms with Crippen LogP contribution in [0.15, 0.2) is 18.2 Å². The number of aromatic nitrogens is 2. The number of benzene rings is 1. The van der Waals surface area contributed by atoms with E-state index in [0.29, 0.717) is 6.04 Å². The van der Waals surface area contributed by atoms with E-state index in [1.54, 1.807) is 0 Å². The SMILES string of the molecule is NC1CN(c2cccc3snnc23)C1. The lowest BCUT2D eigenvalue weighted by atomic mass is 10.1. The van der Waals surface area contributed by atoms with Crippen molar-refractivity contribution in [2.75, 3.05) is 18.0 Å². The number of rotatable bonds is 1. The normalized spacial score (nSPS) is 17.4. The molecule has 0 aliphatic carbocycles. The van der Waals surface area contributed by atoms with E-state index in [4.69, 9.17) is 5.73 Å². The first kappa shape index (κ1) is 8.14. The Morgan fingerprint density at radius 3 is 3.07 bits per heavy atom. The Hall–Kier alpha value is -1.20. The summed E-state index contributed by atoms with van der Waals surface area (Å²) in [5.41, 5.74) is 7.92. The highest BCUT2D eigenvalue weighted by molar-refractivity contribution is 7.13. The standard InChI is InChI=1S/C9H10N4S/c10-6-4-13(5-6)7-2-1-3-8-9(7)11-12-14-8/h1-3,6H,4-5,10H2. The largest absolute Gasteiger partial charge is 0.366 e. The van der Waals surface area contributed by atoms with Crippen molar-refractivity contribution in [3.8, 4) is 0 Å². The average molecular weight is 206 g/mol. The Labute approximate surface area is 85.5 Å². The maximum Gasteiger partial charge on any atom is 0.129 e. The highest BCUT2D eigenvalue weighted by Gasteiger charge is 2.25. The van der Waals surface area contributed by atoms with Crippen molar-refractivity contribution in [1.29, 1.82) is 0 Å². The van der Waals surface area contributed by atoms with Crippen molar-refractivity contribution in [2.45, 2.75) is 6.04 Å². The molecule has 0 bridgehead atoms. The third-order valence-corrected chi connectivity index (χ3v) is 3.20. The fourth-order valence-corrected chi connectivity index (χ4v) is 2.34. The Morgan fingerprint density at radius 2 is 2.29 bits per heavy atom. The number of nitrogens with two attached hydrogens (primary N) is 1. The number of fused-ring (bicyclic) bond motifs is 1. The van der Waals surface area contributed by atoms with Gasteiger partial charge in [0.1, 0.15) is 5.52 Å². The van der Waals surface area contributed by atoms with Gasteiger partial charge in [-0.05, 0) is 23.7 Å². The molecule has 14 heavy (non-hydrogen) atoms. The van der Waals surface area contributed by atoms with E-state index in [0.717, 1.165) is 29.0 Å². The second-order valence-corrected chi connectivity index (χ2v) is 4.35. The molecule has 2 heterocycles. The zero-order valence-corrected chi connectivity index (χ0v) is 8.37. The molecule has 72 valence electrons. The van der Waals surface area contributed by atoms with E-state index in [1.807, 2.05) is 12.1 Å². The molecule has 2 N–H and O–H groups in total. The van der Waals surface area contributed by atoms with Gasteiger partial charge < -0.3 is 10.6 Å². The van der Waals surface area contributed by atoms with Crippen LogP contribution in [0.1, 0.15) is 0 Å². The fraction of sp³-hybridized carbons (Fsp3) is 0.333. The second kappa shape index (κ2) is 2.90. The second-order valence-electron chi connectivity index (χ2n) is 3.56. The fourth-order valence-electron chi connectivity index (χ4n) is 1.75. The lowest BCUT2D eigenvalue weighted by Gasteiger charge is -2.38. The van der Waals surface area contributed by atoms with E-state index < -0.39 is 0 Å². The summed E-state index contributed by atoms with van der Waals surface area (Å²) in [6.45, 7) is 1.85. The lowest BCUT2D eigenvalue weighted by Crippen LogP contribution is -2.55. The molecule has 0 amide bonds. The van der Waals surface area contributed by atoms with Crippen molar-refractivity contribution >= 4 is 27.4 Å². The zero-order valence-electron chi connectivity index (χ0n) is 7.55. The van der Waals surface area contributed by atoms with Gasteiger partial charge in [0.2, 0.25) is 0 Å². The minimum Gasteiger partial charge on any atom is -0.366 e. The first-order valence-electron chi connectivity index (χ1n) is 4.56. The molecule has 1 fully saturated rings. The molecule has 0 spiro atoms. The van der Waals surface area contributed by atoms with Crippen molar-refractivity contribution in [3.63, 3.8) is 0 Å². The maximum absolute atomic E-state index is 5.75. The van der Waals surface area contributed by atoms with Crippen molar-refractivity contribution in [2.24, 2.45) is 5.73 Å². The van der Waals surface area contributed by atoms with E-state index in [9.17, 15) is 0 Å². The van der Waals surface area contributed by atoms with Crippen LogP contribution in [0.4, 0.5) is 5.69 Å². The van der Waals surface area contributed by atoms with Gasteiger partial charge in [0, 0.05) is 19.1 Å². The number of hydrogen-bond donors (Lipinski definition) is 1. The van der Waals surface area contributed by atoms with Crippen molar-refractivity contribution in [1.82, 2.24) is 9.59 Å². The van der Waals surface area contributed by atoms with Crippen LogP contribution in [0, 0.1) is 0 Å². The molecule has 0 unspecified atom stereocenters. The molecule has 0 saturated carbocycles. The first-order valence-corrected chi connectivity index (χ1v) is 5.33. The summed E-state index contributed by atoms with van der Waals surface area (Å²) < 4.78 is 5.10. The van der Waals surface area contributed by atoms with Crippen LogP contribution < -0.4 is 10.6 Å². The maximum atomic E-state index is 5.75. The van der Waals surface area contributed by atoms with Gasteiger partial charge in [-0.25, -0.2) is 0 Å². The van der Waals surface area contributed by atoms with Gasteiger partial charge in [-0.2, -0.15) is 0 Å². The Balaban J connectivity index is 2.07. The zero-order chi connectivity index (χ0) is 9.54. The Morgan fingerprint density at radius 1 is 1.43 bits per heavy atom. The van der Waals surface area contributed by atoms with E-state index in [2.05, 4.69) is 20.6 Å². The summed E-state index contributed by atoms with van der Waals surface area (Å²) in [7, 11) is 0. The molecule has 0 radical (unpaired) electrons. The monoisotopic (exact) mass is 206 g/mol. The summed E-state index contributed by atoms with van der Waals surface area (Å²) in [5, 5.41) is 4.13. The molecule has 4 nitrogen and oxygen atoms in total. The highest BCUT2D eigenvalue weighted by atomic mass is 32.1. The number of hydrogen-bond acceptors (Lipinski definition) is 5. The quantitative estimate of drug-likeness (QED) is 0.751. The van der Waals surface area contributed by atoms with Crippen LogP contribution in [-0.2, 0) is 0 Å². The molecule has 1 saturated heterocycles. The molecule has 5 heteroatoms. The van der Waals surface area contributed by atoms with Crippen molar-refractivity contribution < 1.29 is 0 Å². The Bertz CT molecular complexity index is 461. The van der Waals surface area contributed by atoms with E-state index >= 15 is 0 Å². The van der Waals surface area contributed by atoms with Crippen LogP contribution in [0.2, 0.25) is 0 Å². The van der Waals surface area contributed by atoms with Gasteiger partial charge in [-0.15, -0.1) is 5.10 Å². The van der Waals surface area contributed by atoms with Gasteiger partial charge in [-0.1, -0.05) is 10.6 Å². The van der Waals surface area contributed by atoms with Crippen LogP contribution in [0.5, 0.6) is 0 Å². The van der Waals surface area contributed by atoms with Crippen LogP contribution >= 0.6 is 11.5 Å². The summed E-state index contributed by atoms with van der Waals surface area (Å²) in [5.74, 6) is 0. The van der Waals surface area contributed by atoms with E-state index in [-0.39, 0.29) is 0 Å². The van der Waals surface area contributed by atoms with Crippen molar-refractivity contribution in [3.05, 3.63) is 18.2 Å². The molecule has 1 aromatic heterocycles. The molecule has 3 rings (SSSR count). The summed E-state index contributed by atoms with van der Waals surface area (Å²) in [6.07, 6.45) is 0. The summed E-state index contributed by atoms with van der Waals surface area (Å²) >= 11 is 1.44. The number of nitrogens with zero attached hydrogens (tertiary/aromatic N) is 3. The third kappa shape index (κ3) is 1.09.